The van der Waals surface area contributed by atoms with Crippen molar-refractivity contribution in [3.8, 4) is 11.8 Å². The van der Waals surface area contributed by atoms with Gasteiger partial charge in [-0.05, 0) is 24.6 Å². The summed E-state index contributed by atoms with van der Waals surface area (Å²) in [6.45, 7) is 2.14. The van der Waals surface area contributed by atoms with E-state index in [0.717, 1.165) is 11.3 Å². The largest absolute Gasteiger partial charge is 0.496 e. The van der Waals surface area contributed by atoms with Gasteiger partial charge in [0.1, 0.15) is 17.4 Å². The van der Waals surface area contributed by atoms with Gasteiger partial charge in [-0.25, -0.2) is 0 Å². The summed E-state index contributed by atoms with van der Waals surface area (Å²) < 4.78 is 6.77. The molecule has 0 N–H and O–H groups in total. The number of para-hydroxylation sites is 1. The molecular weight excluding hydrogens is 240 g/mol. The van der Waals surface area contributed by atoms with E-state index in [1.54, 1.807) is 26.3 Å². The summed E-state index contributed by atoms with van der Waals surface area (Å²) in [5, 5.41) is 9.00. The fourth-order valence-corrected chi connectivity index (χ4v) is 1.94. The number of hydrogen-bond acceptors (Lipinski definition) is 3. The summed E-state index contributed by atoms with van der Waals surface area (Å²) in [7, 11) is 1.59. The summed E-state index contributed by atoms with van der Waals surface area (Å²) in [6, 6.07) is 11.2. The molecule has 0 saturated heterocycles. The second-order valence-corrected chi connectivity index (χ2v) is 4.23. The Bertz CT molecular complexity index is 696. The molecule has 19 heavy (non-hydrogen) atoms. The molecule has 0 amide bonds. The van der Waals surface area contributed by atoms with Crippen molar-refractivity contribution in [1.82, 2.24) is 4.57 Å². The monoisotopic (exact) mass is 254 g/mol. The lowest BCUT2D eigenvalue weighted by atomic mass is 10.1. The van der Waals surface area contributed by atoms with Crippen molar-refractivity contribution in [3.05, 3.63) is 63.6 Å². The van der Waals surface area contributed by atoms with Crippen LogP contribution in [-0.2, 0) is 6.54 Å². The zero-order valence-corrected chi connectivity index (χ0v) is 10.9. The maximum absolute atomic E-state index is 12.1. The smallest absolute Gasteiger partial charge is 0.269 e. The van der Waals surface area contributed by atoms with E-state index in [2.05, 4.69) is 0 Å². The van der Waals surface area contributed by atoms with Gasteiger partial charge in [0.15, 0.2) is 0 Å². The van der Waals surface area contributed by atoms with Crippen molar-refractivity contribution in [3.63, 3.8) is 0 Å². The first kappa shape index (κ1) is 12.9. The zero-order chi connectivity index (χ0) is 13.8. The van der Waals surface area contributed by atoms with Gasteiger partial charge in [-0.2, -0.15) is 5.26 Å². The number of nitrogens with zero attached hydrogens (tertiary/aromatic N) is 2. The first-order valence-electron chi connectivity index (χ1n) is 5.89. The molecule has 4 heteroatoms. The van der Waals surface area contributed by atoms with Gasteiger partial charge in [-0.15, -0.1) is 0 Å². The second-order valence-electron chi connectivity index (χ2n) is 4.23. The Morgan fingerprint density at radius 2 is 2.05 bits per heavy atom. The van der Waals surface area contributed by atoms with Gasteiger partial charge in [-0.3, -0.25) is 4.79 Å². The molecule has 1 aromatic heterocycles. The third-order valence-corrected chi connectivity index (χ3v) is 3.02. The van der Waals surface area contributed by atoms with Crippen LogP contribution >= 0.6 is 0 Å². The van der Waals surface area contributed by atoms with Gasteiger partial charge in [0.2, 0.25) is 0 Å². The average molecular weight is 254 g/mol. The molecule has 1 heterocycles. The highest BCUT2D eigenvalue weighted by atomic mass is 16.5. The van der Waals surface area contributed by atoms with Gasteiger partial charge in [-0.1, -0.05) is 18.2 Å². The number of ether oxygens (including phenoxy) is 1. The van der Waals surface area contributed by atoms with E-state index in [9.17, 15) is 4.79 Å². The third-order valence-electron chi connectivity index (χ3n) is 3.02. The third kappa shape index (κ3) is 2.50. The van der Waals surface area contributed by atoms with E-state index in [0.29, 0.717) is 12.1 Å². The van der Waals surface area contributed by atoms with Crippen LogP contribution in [0.1, 0.15) is 16.7 Å². The minimum absolute atomic E-state index is 0.192. The Hall–Kier alpha value is -2.54. The lowest BCUT2D eigenvalue weighted by Crippen LogP contribution is -2.23. The maximum Gasteiger partial charge on any atom is 0.269 e. The Morgan fingerprint density at radius 3 is 2.74 bits per heavy atom. The fourth-order valence-electron chi connectivity index (χ4n) is 1.94. The molecule has 0 spiro atoms. The molecule has 0 fully saturated rings. The van der Waals surface area contributed by atoms with Gasteiger partial charge in [0, 0.05) is 11.8 Å². The maximum atomic E-state index is 12.1. The molecule has 2 rings (SSSR count). The SMILES string of the molecule is COc1ccccc1Cn1ccc(C)c(C#N)c1=O. The molecule has 2 aromatic rings. The van der Waals surface area contributed by atoms with Crippen LogP contribution in [0, 0.1) is 18.3 Å². The fraction of sp³-hybridized carbons (Fsp3) is 0.200. The molecule has 0 radical (unpaired) electrons. The van der Waals surface area contributed by atoms with Gasteiger partial charge >= 0.3 is 0 Å². The molecule has 1 aromatic carbocycles. The standard InChI is InChI=1S/C15H14N2O2/c1-11-7-8-17(15(18)13(11)9-16)10-12-5-3-4-6-14(12)19-2/h3-8H,10H2,1-2H3. The summed E-state index contributed by atoms with van der Waals surface area (Å²) in [5.41, 5.74) is 1.52. The predicted molar refractivity (Wildman–Crippen MR) is 72.3 cm³/mol. The van der Waals surface area contributed by atoms with Gasteiger partial charge in [0.25, 0.3) is 5.56 Å². The molecule has 0 aliphatic rings. The summed E-state index contributed by atoms with van der Waals surface area (Å²) in [6.07, 6.45) is 1.70. The molecule has 0 aliphatic heterocycles. The molecule has 0 unspecified atom stereocenters. The topological polar surface area (TPSA) is 55.0 Å². The molecule has 4 nitrogen and oxygen atoms in total. The Kier molecular flexibility index (Phi) is 3.67. The van der Waals surface area contributed by atoms with Crippen molar-refractivity contribution in [1.29, 1.82) is 5.26 Å². The van der Waals surface area contributed by atoms with E-state index in [1.807, 2.05) is 30.3 Å². The van der Waals surface area contributed by atoms with Crippen LogP contribution in [0.25, 0.3) is 0 Å². The van der Waals surface area contributed by atoms with E-state index in [4.69, 9.17) is 10.00 Å². The van der Waals surface area contributed by atoms with Gasteiger partial charge in [0.05, 0.1) is 13.7 Å². The van der Waals surface area contributed by atoms with Crippen LogP contribution in [0.3, 0.4) is 0 Å². The molecule has 96 valence electrons. The minimum atomic E-state index is -0.270. The number of hydrogen-bond donors (Lipinski definition) is 0. The van der Waals surface area contributed by atoms with Crippen molar-refractivity contribution < 1.29 is 4.74 Å². The van der Waals surface area contributed by atoms with Crippen LogP contribution in [0.4, 0.5) is 0 Å². The first-order valence-corrected chi connectivity index (χ1v) is 5.89. The van der Waals surface area contributed by atoms with Crippen LogP contribution in [0.2, 0.25) is 0 Å². The quantitative estimate of drug-likeness (QED) is 0.842. The molecule has 0 aliphatic carbocycles. The number of aromatic nitrogens is 1. The minimum Gasteiger partial charge on any atom is -0.496 e. The van der Waals surface area contributed by atoms with Crippen LogP contribution in [0.5, 0.6) is 5.75 Å². The summed E-state index contributed by atoms with van der Waals surface area (Å²) in [5.74, 6) is 0.730. The lowest BCUT2D eigenvalue weighted by molar-refractivity contribution is 0.408. The number of nitriles is 1. The zero-order valence-electron chi connectivity index (χ0n) is 10.9. The van der Waals surface area contributed by atoms with Gasteiger partial charge < -0.3 is 9.30 Å². The average Bonchev–Trinajstić information content (AvgIpc) is 2.43. The number of benzene rings is 1. The van der Waals surface area contributed by atoms with Crippen LogP contribution < -0.4 is 10.3 Å². The van der Waals surface area contributed by atoms with Crippen molar-refractivity contribution in [2.24, 2.45) is 0 Å². The highest BCUT2D eigenvalue weighted by molar-refractivity contribution is 5.36. The van der Waals surface area contributed by atoms with Crippen molar-refractivity contribution in [2.75, 3.05) is 7.11 Å². The number of methoxy groups -OCH3 is 1. The number of rotatable bonds is 3. The summed E-state index contributed by atoms with van der Waals surface area (Å²) in [4.78, 5) is 12.1. The Morgan fingerprint density at radius 1 is 1.32 bits per heavy atom. The Balaban J connectivity index is 2.45. The van der Waals surface area contributed by atoms with E-state index < -0.39 is 0 Å². The molecule has 0 saturated carbocycles. The highest BCUT2D eigenvalue weighted by Crippen LogP contribution is 2.18. The van der Waals surface area contributed by atoms with Crippen LogP contribution in [-0.4, -0.2) is 11.7 Å². The Labute approximate surface area is 111 Å². The highest BCUT2D eigenvalue weighted by Gasteiger charge is 2.08. The number of aryl methyl sites for hydroxylation is 1. The lowest BCUT2D eigenvalue weighted by Gasteiger charge is -2.11. The van der Waals surface area contributed by atoms with Crippen molar-refractivity contribution >= 4 is 0 Å². The number of pyridine rings is 1. The predicted octanol–water partition coefficient (Wildman–Crippen LogP) is 2.09. The second kappa shape index (κ2) is 5.40. The van der Waals surface area contributed by atoms with Crippen molar-refractivity contribution in [2.45, 2.75) is 13.5 Å². The van der Waals surface area contributed by atoms with Crippen LogP contribution in [0.15, 0.2) is 41.3 Å². The molecular formula is C15H14N2O2. The van der Waals surface area contributed by atoms with E-state index in [1.165, 1.54) is 4.57 Å². The normalized spacial score (nSPS) is 9.95. The first-order chi connectivity index (χ1) is 9.17. The molecule has 0 bridgehead atoms. The summed E-state index contributed by atoms with van der Waals surface area (Å²) >= 11 is 0. The van der Waals surface area contributed by atoms with E-state index >= 15 is 0 Å². The van der Waals surface area contributed by atoms with E-state index in [-0.39, 0.29) is 11.1 Å². The molecule has 0 atom stereocenters.